The summed E-state index contributed by atoms with van der Waals surface area (Å²) in [6, 6.07) is 13.5. The summed E-state index contributed by atoms with van der Waals surface area (Å²) in [4.78, 5) is 11.8. The van der Waals surface area contributed by atoms with Crippen molar-refractivity contribution in [3.8, 4) is 11.6 Å². The van der Waals surface area contributed by atoms with Crippen LogP contribution >= 0.6 is 0 Å². The van der Waals surface area contributed by atoms with E-state index in [1.807, 2.05) is 56.3 Å². The van der Waals surface area contributed by atoms with E-state index >= 15 is 0 Å². The molecule has 2 heterocycles. The average Bonchev–Trinajstić information content (AvgIpc) is 3.35. The third kappa shape index (κ3) is 5.85. The van der Waals surface area contributed by atoms with Gasteiger partial charge in [0.25, 0.3) is 15.9 Å². The molecule has 1 atom stereocenters. The lowest BCUT2D eigenvalue weighted by molar-refractivity contribution is -0.141. The van der Waals surface area contributed by atoms with E-state index in [2.05, 4.69) is 5.10 Å². The van der Waals surface area contributed by atoms with Crippen LogP contribution in [-0.2, 0) is 26.1 Å². The van der Waals surface area contributed by atoms with Crippen molar-refractivity contribution in [1.29, 1.82) is 0 Å². The Morgan fingerprint density at radius 1 is 1.18 bits per heavy atom. The zero-order valence-corrected chi connectivity index (χ0v) is 22.9. The van der Waals surface area contributed by atoms with Crippen LogP contribution in [0, 0.1) is 6.92 Å². The quantitative estimate of drug-likeness (QED) is 0.272. The fourth-order valence-corrected chi connectivity index (χ4v) is 5.81. The number of anilines is 1. The van der Waals surface area contributed by atoms with Gasteiger partial charge in [-0.15, -0.1) is 5.10 Å². The van der Waals surface area contributed by atoms with E-state index in [1.165, 1.54) is 22.3 Å². The minimum Gasteiger partial charge on any atom is -0.486 e. The first kappa shape index (κ1) is 27.3. The predicted octanol–water partition coefficient (Wildman–Crippen LogP) is 4.69. The fourth-order valence-electron chi connectivity index (χ4n) is 4.23. The molecule has 0 N–H and O–H groups in total. The highest BCUT2D eigenvalue weighted by atomic mass is 32.2. The zero-order valence-electron chi connectivity index (χ0n) is 22.1. The van der Waals surface area contributed by atoms with Gasteiger partial charge in [-0.25, -0.2) is 8.42 Å². The number of benzene rings is 2. The number of hydrogen-bond donors (Lipinski definition) is 0. The highest BCUT2D eigenvalue weighted by molar-refractivity contribution is 7.93. The van der Waals surface area contributed by atoms with Crippen LogP contribution in [0.2, 0.25) is 0 Å². The van der Waals surface area contributed by atoms with Crippen molar-refractivity contribution in [3.05, 3.63) is 65.4 Å². The molecule has 2 aromatic carbocycles. The van der Waals surface area contributed by atoms with Crippen LogP contribution in [0.4, 0.5) is 5.69 Å². The first-order valence-electron chi connectivity index (χ1n) is 12.6. The van der Waals surface area contributed by atoms with Crippen LogP contribution in [0.25, 0.3) is 12.2 Å². The Labute approximate surface area is 223 Å². The largest absolute Gasteiger partial charge is 0.486 e. The van der Waals surface area contributed by atoms with Crippen LogP contribution in [0.5, 0.6) is 11.6 Å². The number of nitrogens with zero attached hydrogens (tertiary/aromatic N) is 3. The maximum Gasteiger partial charge on any atom is 0.305 e. The summed E-state index contributed by atoms with van der Waals surface area (Å²) < 4.78 is 47.5. The van der Waals surface area contributed by atoms with E-state index < -0.39 is 16.1 Å². The summed E-state index contributed by atoms with van der Waals surface area (Å²) in [7, 11) is -2.76. The lowest BCUT2D eigenvalue weighted by Gasteiger charge is -2.35. The molecule has 1 aliphatic heterocycles. The van der Waals surface area contributed by atoms with Crippen LogP contribution in [-0.4, -0.2) is 50.5 Å². The topological polar surface area (TPSA) is 100.0 Å². The van der Waals surface area contributed by atoms with Crippen molar-refractivity contribution in [3.63, 3.8) is 0 Å². The molecular weight excluding hydrogens is 506 g/mol. The van der Waals surface area contributed by atoms with Crippen molar-refractivity contribution < 1.29 is 27.4 Å². The van der Waals surface area contributed by atoms with E-state index in [-0.39, 0.29) is 36.3 Å². The van der Waals surface area contributed by atoms with E-state index in [9.17, 15) is 13.2 Å². The van der Waals surface area contributed by atoms with Gasteiger partial charge in [0.15, 0.2) is 4.90 Å². The molecule has 0 spiro atoms. The molecule has 38 heavy (non-hydrogen) atoms. The number of esters is 1. The summed E-state index contributed by atoms with van der Waals surface area (Å²) in [5.74, 6) is 0.0982. The zero-order chi connectivity index (χ0) is 27.3. The molecule has 3 aromatic rings. The van der Waals surface area contributed by atoms with Crippen LogP contribution in [0.15, 0.2) is 53.6 Å². The number of hydrogen-bond acceptors (Lipinski definition) is 7. The number of aromatic nitrogens is 2. The molecule has 1 aromatic heterocycles. The minimum absolute atomic E-state index is 0.0124. The monoisotopic (exact) mass is 539 g/mol. The van der Waals surface area contributed by atoms with Gasteiger partial charge in [0.1, 0.15) is 11.9 Å². The maximum atomic E-state index is 14.1. The lowest BCUT2D eigenvalue weighted by Crippen LogP contribution is -2.43. The Kier molecular flexibility index (Phi) is 8.41. The second-order valence-electron chi connectivity index (χ2n) is 8.90. The SMILES string of the molecule is CCOc1nn(CC)cc1S(=O)(=O)N1CC(CCC(=O)OC)Oc2ccc(/C=C/c3ccccc3C)cc21. The molecule has 1 aliphatic rings. The van der Waals surface area contributed by atoms with E-state index in [4.69, 9.17) is 14.2 Å². The Bertz CT molecular complexity index is 1430. The molecule has 202 valence electrons. The van der Waals surface area contributed by atoms with Crippen LogP contribution < -0.4 is 13.8 Å². The molecule has 0 fully saturated rings. The van der Waals surface area contributed by atoms with Gasteiger partial charge < -0.3 is 14.2 Å². The van der Waals surface area contributed by atoms with Crippen molar-refractivity contribution >= 4 is 33.8 Å². The molecule has 10 heteroatoms. The molecule has 9 nitrogen and oxygen atoms in total. The third-order valence-electron chi connectivity index (χ3n) is 6.33. The van der Waals surface area contributed by atoms with Gasteiger partial charge in [-0.05, 0) is 56.0 Å². The number of rotatable bonds is 10. The second kappa shape index (κ2) is 11.7. The Morgan fingerprint density at radius 3 is 2.68 bits per heavy atom. The summed E-state index contributed by atoms with van der Waals surface area (Å²) in [5, 5.41) is 4.30. The average molecular weight is 540 g/mol. The van der Waals surface area contributed by atoms with Crippen molar-refractivity contribution in [2.75, 3.05) is 24.6 Å². The number of carbonyl (C=O) groups is 1. The molecular formula is C28H33N3O6S. The number of sulfonamides is 1. The number of carbonyl (C=O) groups excluding carboxylic acids is 1. The Morgan fingerprint density at radius 2 is 1.97 bits per heavy atom. The highest BCUT2D eigenvalue weighted by Gasteiger charge is 2.37. The molecule has 0 amide bonds. The molecule has 0 bridgehead atoms. The number of methoxy groups -OCH3 is 1. The molecule has 1 unspecified atom stereocenters. The molecule has 0 saturated carbocycles. The Hall–Kier alpha value is -3.79. The van der Waals surface area contributed by atoms with Gasteiger partial charge in [0, 0.05) is 19.2 Å². The van der Waals surface area contributed by atoms with E-state index in [0.29, 0.717) is 24.4 Å². The van der Waals surface area contributed by atoms with E-state index in [0.717, 1.165) is 16.7 Å². The Balaban J connectivity index is 1.75. The van der Waals surface area contributed by atoms with Gasteiger partial charge in [0.05, 0.1) is 25.9 Å². The summed E-state index contributed by atoms with van der Waals surface area (Å²) in [5.41, 5.74) is 3.44. The lowest BCUT2D eigenvalue weighted by atomic mass is 10.1. The van der Waals surface area contributed by atoms with E-state index in [1.54, 1.807) is 19.1 Å². The summed E-state index contributed by atoms with van der Waals surface area (Å²) in [6.45, 7) is 6.49. The van der Waals surface area contributed by atoms with Crippen molar-refractivity contribution in [2.45, 2.75) is 51.2 Å². The number of fused-ring (bicyclic) bond motifs is 1. The normalized spacial score (nSPS) is 15.3. The van der Waals surface area contributed by atoms with Gasteiger partial charge in [-0.1, -0.05) is 42.5 Å². The van der Waals surface area contributed by atoms with Gasteiger partial charge in [0.2, 0.25) is 0 Å². The summed E-state index contributed by atoms with van der Waals surface area (Å²) in [6.07, 6.45) is 5.30. The van der Waals surface area contributed by atoms with Gasteiger partial charge in [-0.2, -0.15) is 0 Å². The number of aryl methyl sites for hydroxylation is 2. The standard InChI is InChI=1S/C28H33N3O6S/c1-5-30-19-26(28(29-30)36-6-2)38(33,34)31-18-23(14-16-27(32)35-4)37-25-15-12-21(17-24(25)31)11-13-22-10-8-7-9-20(22)3/h7-13,15,17,19,23H,5-6,14,16,18H2,1-4H3/b13-11+. The second-order valence-corrected chi connectivity index (χ2v) is 10.7. The van der Waals surface area contributed by atoms with Crippen LogP contribution in [0.3, 0.4) is 0 Å². The highest BCUT2D eigenvalue weighted by Crippen LogP contribution is 2.40. The van der Waals surface area contributed by atoms with Crippen LogP contribution in [0.1, 0.15) is 43.4 Å². The molecule has 4 rings (SSSR count). The van der Waals surface area contributed by atoms with Gasteiger partial charge in [-0.3, -0.25) is 13.8 Å². The first-order valence-corrected chi connectivity index (χ1v) is 14.0. The molecule has 0 radical (unpaired) electrons. The molecule has 0 saturated heterocycles. The number of ether oxygens (including phenoxy) is 3. The summed E-state index contributed by atoms with van der Waals surface area (Å²) >= 11 is 0. The van der Waals surface area contributed by atoms with Crippen molar-refractivity contribution in [1.82, 2.24) is 9.78 Å². The maximum absolute atomic E-state index is 14.1. The smallest absolute Gasteiger partial charge is 0.305 e. The third-order valence-corrected chi connectivity index (χ3v) is 8.09. The fraction of sp³-hybridized carbons (Fsp3) is 0.357. The first-order chi connectivity index (χ1) is 18.3. The molecule has 0 aliphatic carbocycles. The predicted molar refractivity (Wildman–Crippen MR) is 146 cm³/mol. The van der Waals surface area contributed by atoms with Crippen molar-refractivity contribution in [2.24, 2.45) is 0 Å². The van der Waals surface area contributed by atoms with Gasteiger partial charge >= 0.3 is 5.97 Å². The minimum atomic E-state index is -4.08.